The van der Waals surface area contributed by atoms with Gasteiger partial charge in [0.15, 0.2) is 0 Å². The third kappa shape index (κ3) is 18.8. The smallest absolute Gasteiger partial charge is 0.408 e. The van der Waals surface area contributed by atoms with E-state index in [0.717, 1.165) is 11.1 Å². The van der Waals surface area contributed by atoms with E-state index >= 15 is 0 Å². The molecule has 0 bridgehead atoms. The number of imidazole rings is 1. The van der Waals surface area contributed by atoms with Crippen molar-refractivity contribution < 1.29 is 48.2 Å². The van der Waals surface area contributed by atoms with E-state index in [9.17, 15) is 43.5 Å². The highest BCUT2D eigenvalue weighted by molar-refractivity contribution is 6.04. The highest BCUT2D eigenvalue weighted by Crippen LogP contribution is 2.13. The van der Waals surface area contributed by atoms with Crippen molar-refractivity contribution in [1.29, 1.82) is 0 Å². The Hall–Kier alpha value is -6.83. The molecule has 1 aromatic heterocycles. The van der Waals surface area contributed by atoms with Crippen LogP contribution in [-0.2, 0) is 57.7 Å². The van der Waals surface area contributed by atoms with Crippen LogP contribution in [0.25, 0.3) is 5.73 Å². The lowest BCUT2D eigenvalue weighted by Crippen LogP contribution is -2.60. The molecule has 344 valence electrons. The van der Waals surface area contributed by atoms with E-state index in [-0.39, 0.29) is 37.7 Å². The number of nitrogens with one attached hydrogen (secondary N) is 7. The number of carbonyl (C=O) groups is 8. The van der Waals surface area contributed by atoms with Crippen molar-refractivity contribution in [2.45, 2.75) is 110 Å². The van der Waals surface area contributed by atoms with Crippen LogP contribution >= 0.6 is 0 Å². The molecule has 20 nitrogen and oxygen atoms in total. The molecule has 0 unspecified atom stereocenters. The maximum absolute atomic E-state index is 14.0. The average molecular weight is 878 g/mol. The van der Waals surface area contributed by atoms with Crippen LogP contribution in [0.1, 0.15) is 71.2 Å². The van der Waals surface area contributed by atoms with Gasteiger partial charge in [0.2, 0.25) is 35.4 Å². The summed E-state index contributed by atoms with van der Waals surface area (Å²) in [5, 5.41) is 23.2. The molecule has 3 rings (SSSR count). The minimum Gasteiger partial charge on any atom is -0.659 e. The highest BCUT2D eigenvalue weighted by Gasteiger charge is 2.35. The number of benzene rings is 2. The fourth-order valence-electron chi connectivity index (χ4n) is 5.89. The van der Waals surface area contributed by atoms with E-state index in [1.165, 1.54) is 12.5 Å². The number of aromatic amines is 1. The zero-order valence-corrected chi connectivity index (χ0v) is 36.4. The minimum absolute atomic E-state index is 0.0200. The fourth-order valence-corrected chi connectivity index (χ4v) is 5.89. The number of primary amides is 2. The molecule has 63 heavy (non-hydrogen) atoms. The molecule has 0 aliphatic carbocycles. The zero-order chi connectivity index (χ0) is 47.2. The van der Waals surface area contributed by atoms with Gasteiger partial charge in [0.05, 0.1) is 6.33 Å². The molecule has 0 saturated heterocycles. The molecule has 1 heterocycles. The van der Waals surface area contributed by atoms with Crippen molar-refractivity contribution in [3.8, 4) is 0 Å². The molecule has 0 aliphatic rings. The van der Waals surface area contributed by atoms with Crippen LogP contribution in [0, 0.1) is 17.8 Å². The summed E-state index contributed by atoms with van der Waals surface area (Å²) in [6.07, 6.45) is 2.85. The number of hydrogen-bond donors (Lipinski definition) is 9. The molecule has 6 atom stereocenters. The lowest BCUT2D eigenvalue weighted by molar-refractivity contribution is -0.144. The Morgan fingerprint density at radius 2 is 1.21 bits per heavy atom. The molecule has 0 aliphatic heterocycles. The number of nitrogens with zero attached hydrogens (tertiary/aromatic N) is 1. The van der Waals surface area contributed by atoms with Crippen LogP contribution in [0.4, 0.5) is 4.79 Å². The van der Waals surface area contributed by atoms with Gasteiger partial charge in [0.1, 0.15) is 36.8 Å². The van der Waals surface area contributed by atoms with E-state index in [2.05, 4.69) is 48.0 Å². The molecule has 0 spiro atoms. The summed E-state index contributed by atoms with van der Waals surface area (Å²) in [5.41, 5.74) is 17.6. The van der Waals surface area contributed by atoms with Crippen molar-refractivity contribution in [3.63, 3.8) is 0 Å². The van der Waals surface area contributed by atoms with E-state index in [1.807, 2.05) is 45.0 Å². The monoisotopic (exact) mass is 877 g/mol. The molecule has 0 radical (unpaired) electrons. The number of amides is 7. The van der Waals surface area contributed by atoms with Gasteiger partial charge in [-0.1, -0.05) is 109 Å². The van der Waals surface area contributed by atoms with Crippen molar-refractivity contribution in [3.05, 3.63) is 95.7 Å². The molecule has 20 heteroatoms. The van der Waals surface area contributed by atoms with Crippen LogP contribution in [0.2, 0.25) is 0 Å². The Kier molecular flexibility index (Phi) is 22.0. The lowest BCUT2D eigenvalue weighted by atomic mass is 9.96. The largest absolute Gasteiger partial charge is 0.659 e. The second-order valence-electron chi connectivity index (χ2n) is 15.7. The minimum atomic E-state index is -1.60. The second-order valence-corrected chi connectivity index (χ2v) is 15.7. The summed E-state index contributed by atoms with van der Waals surface area (Å²) >= 11 is 0. The van der Waals surface area contributed by atoms with Gasteiger partial charge in [-0.05, 0) is 35.3 Å². The summed E-state index contributed by atoms with van der Waals surface area (Å²) in [6, 6.07) is 10.7. The first-order chi connectivity index (χ1) is 29.7. The number of rotatable bonds is 23. The Morgan fingerprint density at radius 1 is 0.698 bits per heavy atom. The zero-order valence-electron chi connectivity index (χ0n) is 36.4. The van der Waals surface area contributed by atoms with Crippen LogP contribution in [0.5, 0.6) is 0 Å². The maximum Gasteiger partial charge on any atom is 0.408 e. The van der Waals surface area contributed by atoms with Gasteiger partial charge in [0, 0.05) is 30.8 Å². The van der Waals surface area contributed by atoms with Crippen molar-refractivity contribution in [2.24, 2.45) is 29.2 Å². The SMILES string of the molecule is CC[C@H](C)[C@H](NC(=O)[C@@H](NC(=O)[C@H](CC(C)C)NC(=O)[C@H](Cc1cnc[nH]1)NC(=O)[C@H](Cc1ccccc1)NC(=O)OCc1ccccc1)C(C)C)C(=O)O.[NH-]C(C(N)=O)C(N)=O. The number of nitrogens with two attached hydrogens (primary N) is 2. The number of carboxylic acid groups (broad SMARTS) is 1. The van der Waals surface area contributed by atoms with Gasteiger partial charge in [-0.15, -0.1) is 0 Å². The maximum atomic E-state index is 14.0. The summed E-state index contributed by atoms with van der Waals surface area (Å²) in [5.74, 6) is -6.75. The predicted octanol–water partition coefficient (Wildman–Crippen LogP) is 1.64. The summed E-state index contributed by atoms with van der Waals surface area (Å²) < 4.78 is 5.39. The molecule has 12 N–H and O–H groups in total. The molecule has 0 saturated carbocycles. The average Bonchev–Trinajstić information content (AvgIpc) is 3.76. The third-order valence-corrected chi connectivity index (χ3v) is 9.65. The predicted molar refractivity (Wildman–Crippen MR) is 232 cm³/mol. The van der Waals surface area contributed by atoms with Gasteiger partial charge in [-0.2, -0.15) is 0 Å². The Bertz CT molecular complexity index is 1930. The molecule has 2 aromatic carbocycles. The standard InChI is InChI=1S/C40H55N7O8.C3H6N3O2/c1-7-26(6)34(39(52)53)47-38(51)33(25(4)5)46-37(50)30(18-24(2)3)43-36(49)32(20-29-21-41-23-42-29)44-35(48)31(19-27-14-10-8-11-15-27)45-40(54)55-22-28-16-12-9-13-17-28;4-1(2(5)7)3(6)8/h8-17,21,23-26,30-34H,7,18-20,22H2,1-6H3,(H,41,42)(H,43,49)(H,44,48)(H,45,54)(H,46,50)(H,47,51)(H,52,53);1,4H,(H2,5,7)(H2,6,8)/q;-1/t26-,30-,31-,32-,33-,34-;/m0./s1. The molecule has 3 aromatic rings. The van der Waals surface area contributed by atoms with Crippen molar-refractivity contribution in [2.75, 3.05) is 0 Å². The van der Waals surface area contributed by atoms with Gasteiger partial charge in [0.25, 0.3) is 0 Å². The van der Waals surface area contributed by atoms with Crippen LogP contribution in [-0.4, -0.2) is 98.8 Å². The van der Waals surface area contributed by atoms with Gasteiger partial charge < -0.3 is 58.6 Å². The molecule has 0 fully saturated rings. The fraction of sp³-hybridized carbons (Fsp3) is 0.465. The summed E-state index contributed by atoms with van der Waals surface area (Å²) in [7, 11) is 0. The lowest BCUT2D eigenvalue weighted by Gasteiger charge is -2.29. The third-order valence-electron chi connectivity index (χ3n) is 9.65. The Labute approximate surface area is 366 Å². The number of ether oxygens (including phenoxy) is 1. The van der Waals surface area contributed by atoms with E-state index < -0.39 is 89.7 Å². The van der Waals surface area contributed by atoms with Gasteiger partial charge in [-0.25, -0.2) is 14.6 Å². The number of H-pyrrole nitrogens is 1. The van der Waals surface area contributed by atoms with Gasteiger partial charge >= 0.3 is 12.1 Å². The first-order valence-corrected chi connectivity index (χ1v) is 20.5. The molecular weight excluding hydrogens is 817 g/mol. The first-order valence-electron chi connectivity index (χ1n) is 20.5. The number of hydrogen-bond acceptors (Lipinski definition) is 10. The molecule has 7 amide bonds. The molecular formula is C43H61N10O10-. The van der Waals surface area contributed by atoms with E-state index in [0.29, 0.717) is 12.1 Å². The highest BCUT2D eigenvalue weighted by atomic mass is 16.5. The number of alkyl carbamates (subject to hydrolysis) is 1. The van der Waals surface area contributed by atoms with Crippen LogP contribution < -0.4 is 38.1 Å². The number of carboxylic acids is 1. The summed E-state index contributed by atoms with van der Waals surface area (Å²) in [6.45, 7) is 10.7. The second kappa shape index (κ2) is 26.5. The summed E-state index contributed by atoms with van der Waals surface area (Å²) in [4.78, 5) is 107. The van der Waals surface area contributed by atoms with E-state index in [4.69, 9.17) is 10.5 Å². The van der Waals surface area contributed by atoms with Crippen LogP contribution in [0.3, 0.4) is 0 Å². The quantitative estimate of drug-likeness (QED) is 0.0617. The number of aromatic nitrogens is 2. The van der Waals surface area contributed by atoms with Crippen molar-refractivity contribution >= 4 is 47.5 Å². The van der Waals surface area contributed by atoms with Gasteiger partial charge in [-0.3, -0.25) is 28.8 Å². The van der Waals surface area contributed by atoms with E-state index in [1.54, 1.807) is 57.2 Å². The topological polar surface area (TPSA) is 331 Å². The normalized spacial score (nSPS) is 13.7. The first kappa shape index (κ1) is 52.3. The Morgan fingerprint density at radius 3 is 1.67 bits per heavy atom. The Balaban J connectivity index is 0.00000155. The number of carbonyl (C=O) groups excluding carboxylic acids is 7. The van der Waals surface area contributed by atoms with Crippen LogP contribution in [0.15, 0.2) is 73.2 Å². The number of aliphatic carboxylic acids is 1. The van der Waals surface area contributed by atoms with Crippen molar-refractivity contribution in [1.82, 2.24) is 36.6 Å².